The average molecular weight is 317 g/mol. The van der Waals surface area contributed by atoms with Gasteiger partial charge in [-0.15, -0.1) is 0 Å². The minimum absolute atomic E-state index is 0.940. The first-order valence-corrected chi connectivity index (χ1v) is 10.2. The molecule has 0 saturated heterocycles. The smallest absolute Gasteiger partial charge is 0.0466 e. The minimum Gasteiger partial charge on any atom is -0.381 e. The van der Waals surface area contributed by atoms with Crippen LogP contribution in [-0.2, 0) is 4.74 Å². The zero-order valence-electron chi connectivity index (χ0n) is 14.6. The number of unbranched alkanes of at least 4 members (excludes halogenated alkanes) is 13. The van der Waals surface area contributed by atoms with Crippen LogP contribution in [-0.4, -0.2) is 19.0 Å². The quantitative estimate of drug-likeness (QED) is 0.216. The Morgan fingerprint density at radius 2 is 0.905 bits per heavy atom. The Hall–Kier alpha value is 0.310. The summed E-state index contributed by atoms with van der Waals surface area (Å²) in [6.07, 6.45) is 20.8. The van der Waals surface area contributed by atoms with Crippen molar-refractivity contribution < 1.29 is 4.74 Å². The molecule has 0 amide bonds. The Labute approximate surface area is 140 Å². The first-order valence-electron chi connectivity index (χ1n) is 9.60. The molecule has 128 valence electrons. The van der Waals surface area contributed by atoms with Crippen molar-refractivity contribution in [1.82, 2.24) is 0 Å². The Bertz CT molecular complexity index is 155. The fraction of sp³-hybridized carbons (Fsp3) is 1.00. The second-order valence-corrected chi connectivity index (χ2v) is 6.73. The van der Waals surface area contributed by atoms with Crippen molar-refractivity contribution in [2.24, 2.45) is 0 Å². The van der Waals surface area contributed by atoms with Gasteiger partial charge in [0, 0.05) is 13.2 Å². The molecule has 0 atom stereocenters. The molecular formula is C19H40OS. The van der Waals surface area contributed by atoms with E-state index in [0.29, 0.717) is 0 Å². The second-order valence-electron chi connectivity index (χ2n) is 6.29. The standard InChI is InChI=1S/C19H40OS/c1-2-17-20-18-15-13-11-9-7-5-3-4-6-8-10-12-14-16-19-21/h21H,2-19H2,1H3. The van der Waals surface area contributed by atoms with E-state index < -0.39 is 0 Å². The summed E-state index contributed by atoms with van der Waals surface area (Å²) in [5.74, 6) is 1.06. The van der Waals surface area contributed by atoms with Crippen LogP contribution in [0.3, 0.4) is 0 Å². The number of ether oxygens (including phenoxy) is 1. The van der Waals surface area contributed by atoms with Crippen LogP contribution in [0.1, 0.15) is 103 Å². The van der Waals surface area contributed by atoms with E-state index in [4.69, 9.17) is 4.74 Å². The Balaban J connectivity index is 2.90. The molecule has 0 radical (unpaired) electrons. The molecule has 0 aliphatic rings. The molecule has 0 aliphatic carbocycles. The lowest BCUT2D eigenvalue weighted by molar-refractivity contribution is 0.130. The highest BCUT2D eigenvalue weighted by molar-refractivity contribution is 7.80. The van der Waals surface area contributed by atoms with E-state index in [1.165, 1.54) is 89.9 Å². The molecule has 0 saturated carbocycles. The van der Waals surface area contributed by atoms with Crippen LogP contribution in [0.25, 0.3) is 0 Å². The van der Waals surface area contributed by atoms with Gasteiger partial charge < -0.3 is 4.74 Å². The summed E-state index contributed by atoms with van der Waals surface area (Å²) in [6, 6.07) is 0. The molecule has 0 aliphatic heterocycles. The van der Waals surface area contributed by atoms with E-state index in [9.17, 15) is 0 Å². The van der Waals surface area contributed by atoms with Gasteiger partial charge in [-0.1, -0.05) is 84.0 Å². The number of thiol groups is 1. The molecule has 0 bridgehead atoms. The number of hydrogen-bond acceptors (Lipinski definition) is 2. The molecule has 0 unspecified atom stereocenters. The molecular weight excluding hydrogens is 276 g/mol. The molecule has 0 aromatic rings. The second kappa shape index (κ2) is 20.3. The average Bonchev–Trinajstić information content (AvgIpc) is 2.50. The van der Waals surface area contributed by atoms with Gasteiger partial charge in [-0.25, -0.2) is 0 Å². The van der Waals surface area contributed by atoms with E-state index in [1.54, 1.807) is 0 Å². The molecule has 0 aromatic carbocycles. The molecule has 1 nitrogen and oxygen atoms in total. The van der Waals surface area contributed by atoms with E-state index in [1.807, 2.05) is 0 Å². The third-order valence-corrected chi connectivity index (χ3v) is 4.36. The van der Waals surface area contributed by atoms with Crippen molar-refractivity contribution >= 4 is 12.6 Å². The molecule has 21 heavy (non-hydrogen) atoms. The van der Waals surface area contributed by atoms with Crippen LogP contribution in [0, 0.1) is 0 Å². The highest BCUT2D eigenvalue weighted by Gasteiger charge is 1.94. The van der Waals surface area contributed by atoms with Gasteiger partial charge in [0.15, 0.2) is 0 Å². The lowest BCUT2D eigenvalue weighted by Gasteiger charge is -2.04. The van der Waals surface area contributed by atoms with Gasteiger partial charge in [0.1, 0.15) is 0 Å². The third-order valence-electron chi connectivity index (χ3n) is 4.05. The molecule has 0 rings (SSSR count). The Morgan fingerprint density at radius 1 is 0.524 bits per heavy atom. The van der Waals surface area contributed by atoms with Gasteiger partial charge in [-0.2, -0.15) is 12.6 Å². The lowest BCUT2D eigenvalue weighted by Crippen LogP contribution is -1.95. The summed E-state index contributed by atoms with van der Waals surface area (Å²) in [6.45, 7) is 4.08. The summed E-state index contributed by atoms with van der Waals surface area (Å²) in [7, 11) is 0. The van der Waals surface area contributed by atoms with Crippen molar-refractivity contribution in [1.29, 1.82) is 0 Å². The summed E-state index contributed by atoms with van der Waals surface area (Å²) in [5.41, 5.74) is 0. The third kappa shape index (κ3) is 20.3. The predicted octanol–water partition coefficient (Wildman–Crippen LogP) is 6.80. The fourth-order valence-electron chi connectivity index (χ4n) is 2.68. The van der Waals surface area contributed by atoms with Crippen LogP contribution in [0.2, 0.25) is 0 Å². The van der Waals surface area contributed by atoms with Gasteiger partial charge in [0.2, 0.25) is 0 Å². The van der Waals surface area contributed by atoms with Gasteiger partial charge in [0.25, 0.3) is 0 Å². The Kier molecular flexibility index (Phi) is 20.6. The monoisotopic (exact) mass is 316 g/mol. The first-order chi connectivity index (χ1) is 10.4. The van der Waals surface area contributed by atoms with E-state index in [2.05, 4.69) is 19.6 Å². The summed E-state index contributed by atoms with van der Waals surface area (Å²) in [4.78, 5) is 0. The maximum atomic E-state index is 5.49. The van der Waals surface area contributed by atoms with Crippen molar-refractivity contribution in [3.63, 3.8) is 0 Å². The zero-order valence-corrected chi connectivity index (χ0v) is 15.5. The topological polar surface area (TPSA) is 9.23 Å². The SMILES string of the molecule is CCCOCCCCCCCCCCCCCCCCS. The van der Waals surface area contributed by atoms with E-state index >= 15 is 0 Å². The lowest BCUT2D eigenvalue weighted by atomic mass is 10.0. The van der Waals surface area contributed by atoms with E-state index in [-0.39, 0.29) is 0 Å². The summed E-state index contributed by atoms with van der Waals surface area (Å²) in [5, 5.41) is 0. The molecule has 0 fully saturated rings. The summed E-state index contributed by atoms with van der Waals surface area (Å²) >= 11 is 4.25. The molecule has 2 heteroatoms. The number of rotatable bonds is 18. The van der Waals surface area contributed by atoms with Crippen molar-refractivity contribution in [3.8, 4) is 0 Å². The predicted molar refractivity (Wildman–Crippen MR) is 99.6 cm³/mol. The van der Waals surface area contributed by atoms with Gasteiger partial charge >= 0.3 is 0 Å². The van der Waals surface area contributed by atoms with Crippen LogP contribution in [0.15, 0.2) is 0 Å². The van der Waals surface area contributed by atoms with Crippen LogP contribution >= 0.6 is 12.6 Å². The fourth-order valence-corrected chi connectivity index (χ4v) is 2.91. The van der Waals surface area contributed by atoms with Gasteiger partial charge in [-0.3, -0.25) is 0 Å². The maximum absolute atomic E-state index is 5.49. The molecule has 0 spiro atoms. The Morgan fingerprint density at radius 3 is 1.29 bits per heavy atom. The van der Waals surface area contributed by atoms with Crippen molar-refractivity contribution in [2.75, 3.05) is 19.0 Å². The van der Waals surface area contributed by atoms with Crippen LogP contribution < -0.4 is 0 Å². The summed E-state index contributed by atoms with van der Waals surface area (Å²) < 4.78 is 5.49. The van der Waals surface area contributed by atoms with Crippen LogP contribution in [0.4, 0.5) is 0 Å². The largest absolute Gasteiger partial charge is 0.381 e. The van der Waals surface area contributed by atoms with Gasteiger partial charge in [0.05, 0.1) is 0 Å². The number of hydrogen-bond donors (Lipinski definition) is 1. The highest BCUT2D eigenvalue weighted by atomic mass is 32.1. The van der Waals surface area contributed by atoms with Gasteiger partial charge in [-0.05, 0) is 25.0 Å². The van der Waals surface area contributed by atoms with Crippen molar-refractivity contribution in [2.45, 2.75) is 103 Å². The van der Waals surface area contributed by atoms with Crippen molar-refractivity contribution in [3.05, 3.63) is 0 Å². The first kappa shape index (κ1) is 21.3. The van der Waals surface area contributed by atoms with Crippen LogP contribution in [0.5, 0.6) is 0 Å². The van der Waals surface area contributed by atoms with E-state index in [0.717, 1.165) is 25.4 Å². The highest BCUT2D eigenvalue weighted by Crippen LogP contribution is 2.13. The zero-order chi connectivity index (χ0) is 15.4. The molecule has 0 aromatic heterocycles. The molecule has 0 heterocycles. The maximum Gasteiger partial charge on any atom is 0.0466 e. The molecule has 0 N–H and O–H groups in total. The minimum atomic E-state index is 0.940. The normalized spacial score (nSPS) is 11.1.